The predicted molar refractivity (Wildman–Crippen MR) is 115 cm³/mol. The second-order valence-corrected chi connectivity index (χ2v) is 7.71. The first kappa shape index (κ1) is 20.1. The lowest BCUT2D eigenvalue weighted by Crippen LogP contribution is -2.40. The molecule has 1 amide bonds. The van der Waals surface area contributed by atoms with Crippen molar-refractivity contribution < 1.29 is 9.53 Å². The van der Waals surface area contributed by atoms with Crippen molar-refractivity contribution in [1.29, 1.82) is 0 Å². The number of aromatic nitrogens is 3. The van der Waals surface area contributed by atoms with Gasteiger partial charge in [0.1, 0.15) is 11.6 Å². The van der Waals surface area contributed by atoms with E-state index in [0.717, 1.165) is 38.3 Å². The highest BCUT2D eigenvalue weighted by molar-refractivity contribution is 5.94. The SMILES string of the molecule is Cc1ncc(CN2CCC[C@@H](C(=O)Nc3ccccc3Oc3cccnc3)C2)n1C. The second-order valence-electron chi connectivity index (χ2n) is 7.71. The van der Waals surface area contributed by atoms with E-state index in [1.54, 1.807) is 12.4 Å². The molecule has 7 heteroatoms. The van der Waals surface area contributed by atoms with E-state index >= 15 is 0 Å². The van der Waals surface area contributed by atoms with Gasteiger partial charge < -0.3 is 14.6 Å². The number of likely N-dealkylation sites (tertiary alicyclic amines) is 1. The molecule has 1 aliphatic heterocycles. The number of ether oxygens (including phenoxy) is 1. The zero-order valence-electron chi connectivity index (χ0n) is 17.4. The number of hydrogen-bond acceptors (Lipinski definition) is 5. The maximum atomic E-state index is 13.0. The molecule has 1 fully saturated rings. The Morgan fingerprint density at radius 1 is 1.23 bits per heavy atom. The smallest absolute Gasteiger partial charge is 0.228 e. The van der Waals surface area contributed by atoms with Crippen molar-refractivity contribution in [2.24, 2.45) is 13.0 Å². The highest BCUT2D eigenvalue weighted by Crippen LogP contribution is 2.30. The van der Waals surface area contributed by atoms with E-state index < -0.39 is 0 Å². The third-order valence-electron chi connectivity index (χ3n) is 5.59. The summed E-state index contributed by atoms with van der Waals surface area (Å²) in [6.07, 6.45) is 7.16. The van der Waals surface area contributed by atoms with E-state index in [2.05, 4.69) is 24.8 Å². The van der Waals surface area contributed by atoms with Crippen LogP contribution in [0.15, 0.2) is 55.0 Å². The lowest BCUT2D eigenvalue weighted by atomic mass is 9.97. The average Bonchev–Trinajstić information content (AvgIpc) is 3.08. The number of nitrogens with zero attached hydrogens (tertiary/aromatic N) is 4. The number of hydrogen-bond donors (Lipinski definition) is 1. The summed E-state index contributed by atoms with van der Waals surface area (Å²) in [6.45, 7) is 4.54. The van der Waals surface area contributed by atoms with Crippen LogP contribution in [0.25, 0.3) is 0 Å². The third-order valence-corrected chi connectivity index (χ3v) is 5.59. The first-order valence-electron chi connectivity index (χ1n) is 10.3. The van der Waals surface area contributed by atoms with Gasteiger partial charge in [0.15, 0.2) is 5.75 Å². The van der Waals surface area contributed by atoms with Crippen molar-refractivity contribution in [2.75, 3.05) is 18.4 Å². The van der Waals surface area contributed by atoms with Crippen LogP contribution < -0.4 is 10.1 Å². The van der Waals surface area contributed by atoms with Crippen molar-refractivity contribution in [3.63, 3.8) is 0 Å². The second kappa shape index (κ2) is 9.09. The van der Waals surface area contributed by atoms with Gasteiger partial charge in [0, 0.05) is 32.5 Å². The molecule has 0 unspecified atom stereocenters. The Kier molecular flexibility index (Phi) is 6.09. The molecule has 4 rings (SSSR count). The number of rotatable bonds is 6. The minimum Gasteiger partial charge on any atom is -0.454 e. The zero-order valence-corrected chi connectivity index (χ0v) is 17.4. The van der Waals surface area contributed by atoms with Crippen molar-refractivity contribution in [2.45, 2.75) is 26.3 Å². The summed E-state index contributed by atoms with van der Waals surface area (Å²) in [5.41, 5.74) is 1.84. The molecule has 1 saturated heterocycles. The van der Waals surface area contributed by atoms with Crippen molar-refractivity contribution in [1.82, 2.24) is 19.4 Å². The summed E-state index contributed by atoms with van der Waals surface area (Å²) in [5.74, 6) is 2.22. The number of imidazole rings is 1. The maximum absolute atomic E-state index is 13.0. The number of piperidine rings is 1. The molecule has 0 spiro atoms. The monoisotopic (exact) mass is 405 g/mol. The summed E-state index contributed by atoms with van der Waals surface area (Å²) in [4.78, 5) is 23.8. The zero-order chi connectivity index (χ0) is 20.9. The Balaban J connectivity index is 1.41. The van der Waals surface area contributed by atoms with Crippen molar-refractivity contribution in [3.05, 3.63) is 66.5 Å². The van der Waals surface area contributed by atoms with Crippen LogP contribution in [0.5, 0.6) is 11.5 Å². The number of anilines is 1. The van der Waals surface area contributed by atoms with Crippen LogP contribution in [-0.2, 0) is 18.4 Å². The van der Waals surface area contributed by atoms with Crippen LogP contribution in [0.1, 0.15) is 24.4 Å². The van der Waals surface area contributed by atoms with Crippen LogP contribution in [0.3, 0.4) is 0 Å². The molecule has 1 aliphatic rings. The van der Waals surface area contributed by atoms with Gasteiger partial charge >= 0.3 is 0 Å². The molecule has 0 aliphatic carbocycles. The summed E-state index contributed by atoms with van der Waals surface area (Å²) in [7, 11) is 2.03. The lowest BCUT2D eigenvalue weighted by molar-refractivity contribution is -0.121. The topological polar surface area (TPSA) is 72.3 Å². The molecule has 156 valence electrons. The van der Waals surface area contributed by atoms with Crippen LogP contribution in [0.2, 0.25) is 0 Å². The van der Waals surface area contributed by atoms with Gasteiger partial charge in [-0.15, -0.1) is 0 Å². The fraction of sp³-hybridized carbons (Fsp3) is 0.348. The molecule has 1 N–H and O–H groups in total. The number of carbonyl (C=O) groups is 1. The van der Waals surface area contributed by atoms with Gasteiger partial charge in [-0.1, -0.05) is 12.1 Å². The van der Waals surface area contributed by atoms with Crippen LogP contribution in [0.4, 0.5) is 5.69 Å². The van der Waals surface area contributed by atoms with Crippen LogP contribution in [0, 0.1) is 12.8 Å². The van der Waals surface area contributed by atoms with Gasteiger partial charge in [-0.2, -0.15) is 0 Å². The minimum absolute atomic E-state index is 0.0307. The number of carbonyl (C=O) groups excluding carboxylic acids is 1. The number of amides is 1. The molecule has 0 radical (unpaired) electrons. The fourth-order valence-electron chi connectivity index (χ4n) is 3.77. The average molecular weight is 406 g/mol. The normalized spacial score (nSPS) is 16.9. The van der Waals surface area contributed by atoms with Gasteiger partial charge in [-0.05, 0) is 50.6 Å². The van der Waals surface area contributed by atoms with E-state index in [4.69, 9.17) is 4.74 Å². The number of benzene rings is 1. The Hall–Kier alpha value is -3.19. The molecule has 1 atom stereocenters. The van der Waals surface area contributed by atoms with E-state index in [0.29, 0.717) is 17.2 Å². The quantitative estimate of drug-likeness (QED) is 0.676. The largest absolute Gasteiger partial charge is 0.454 e. The highest BCUT2D eigenvalue weighted by Gasteiger charge is 2.27. The number of para-hydroxylation sites is 2. The first-order valence-corrected chi connectivity index (χ1v) is 10.3. The molecule has 2 aromatic heterocycles. The van der Waals surface area contributed by atoms with Crippen LogP contribution >= 0.6 is 0 Å². The Morgan fingerprint density at radius 3 is 2.87 bits per heavy atom. The van der Waals surface area contributed by atoms with Crippen LogP contribution in [-0.4, -0.2) is 38.4 Å². The Morgan fingerprint density at radius 2 is 2.10 bits per heavy atom. The fourth-order valence-corrected chi connectivity index (χ4v) is 3.77. The predicted octanol–water partition coefficient (Wildman–Crippen LogP) is 3.77. The molecule has 7 nitrogen and oxygen atoms in total. The van der Waals surface area contributed by atoms with E-state index in [-0.39, 0.29) is 11.8 Å². The summed E-state index contributed by atoms with van der Waals surface area (Å²) in [5, 5.41) is 3.07. The third kappa shape index (κ3) is 4.68. The lowest BCUT2D eigenvalue weighted by Gasteiger charge is -2.32. The number of nitrogens with one attached hydrogen (secondary N) is 1. The van der Waals surface area contributed by atoms with Gasteiger partial charge in [0.25, 0.3) is 0 Å². The number of aryl methyl sites for hydroxylation is 1. The summed E-state index contributed by atoms with van der Waals surface area (Å²) in [6, 6.07) is 11.1. The first-order chi connectivity index (χ1) is 14.6. The molecular weight excluding hydrogens is 378 g/mol. The van der Waals surface area contributed by atoms with E-state index in [1.165, 1.54) is 5.69 Å². The molecule has 3 heterocycles. The van der Waals surface area contributed by atoms with E-state index in [9.17, 15) is 4.79 Å². The van der Waals surface area contributed by atoms with Crippen molar-refractivity contribution in [3.8, 4) is 11.5 Å². The van der Waals surface area contributed by atoms with Gasteiger partial charge in [-0.25, -0.2) is 4.98 Å². The van der Waals surface area contributed by atoms with Crippen molar-refractivity contribution >= 4 is 11.6 Å². The van der Waals surface area contributed by atoms with Gasteiger partial charge in [0.2, 0.25) is 5.91 Å². The van der Waals surface area contributed by atoms with Gasteiger partial charge in [0.05, 0.1) is 23.5 Å². The molecule has 30 heavy (non-hydrogen) atoms. The van der Waals surface area contributed by atoms with Gasteiger partial charge in [-0.3, -0.25) is 14.7 Å². The summed E-state index contributed by atoms with van der Waals surface area (Å²) >= 11 is 0. The standard InChI is InChI=1S/C23H27N5O2/c1-17-25-13-19(27(17)2)16-28-12-6-7-18(15-28)23(29)26-21-9-3-4-10-22(21)30-20-8-5-11-24-14-20/h3-5,8-11,13-14,18H,6-7,12,15-16H2,1-2H3,(H,26,29)/t18-/m1/s1. The minimum atomic E-state index is -0.0560. The summed E-state index contributed by atoms with van der Waals surface area (Å²) < 4.78 is 8.02. The molecule has 0 saturated carbocycles. The van der Waals surface area contributed by atoms with E-state index in [1.807, 2.05) is 56.6 Å². The Bertz CT molecular complexity index is 1000. The maximum Gasteiger partial charge on any atom is 0.228 e. The molecule has 0 bridgehead atoms. The molecular formula is C23H27N5O2. The Labute approximate surface area is 176 Å². The molecule has 3 aromatic rings. The highest BCUT2D eigenvalue weighted by atomic mass is 16.5. The number of pyridine rings is 1. The molecule has 1 aromatic carbocycles.